The van der Waals surface area contributed by atoms with Gasteiger partial charge in [0.15, 0.2) is 0 Å². The number of hydrogen-bond acceptors (Lipinski definition) is 3. The van der Waals surface area contributed by atoms with E-state index in [9.17, 15) is 9.90 Å². The summed E-state index contributed by atoms with van der Waals surface area (Å²) in [5.74, 6) is 0. The van der Waals surface area contributed by atoms with E-state index in [1.54, 1.807) is 24.5 Å². The number of nitrogens with one attached hydrogen (secondary N) is 2. The second kappa shape index (κ2) is 3.47. The maximum atomic E-state index is 10.8. The zero-order valence-corrected chi connectivity index (χ0v) is 7.27. The molecule has 0 saturated carbocycles. The monoisotopic (exact) mass is 191 g/mol. The van der Waals surface area contributed by atoms with Crippen LogP contribution in [0.2, 0.25) is 0 Å². The zero-order chi connectivity index (χ0) is 9.97. The molecule has 0 spiro atoms. The lowest BCUT2D eigenvalue weighted by Crippen LogP contribution is -2.05. The van der Waals surface area contributed by atoms with Gasteiger partial charge in [0.25, 0.3) is 0 Å². The zero-order valence-electron chi connectivity index (χ0n) is 7.27. The van der Waals surface area contributed by atoms with Crippen LogP contribution in [-0.2, 0) is 0 Å². The molecule has 2 aromatic rings. The maximum absolute atomic E-state index is 10.8. The smallest absolute Gasteiger partial charge is 0.323 e. The summed E-state index contributed by atoms with van der Waals surface area (Å²) in [5, 5.41) is 9.78. The van der Waals surface area contributed by atoms with Gasteiger partial charge in [0.05, 0.1) is 5.69 Å². The standard InChI is InChI=1S/C9H9N3O2/c13-8(6-2-1-3-10-4-6)7-5-11-9(14)12-7/h1-5,8,13H,(H2,11,12,14). The van der Waals surface area contributed by atoms with Crippen LogP contribution in [0.3, 0.4) is 0 Å². The topological polar surface area (TPSA) is 81.8 Å². The second-order valence-corrected chi connectivity index (χ2v) is 2.89. The number of hydrogen-bond donors (Lipinski definition) is 3. The van der Waals surface area contributed by atoms with Crippen molar-refractivity contribution in [3.05, 3.63) is 52.5 Å². The number of aromatic nitrogens is 3. The highest BCUT2D eigenvalue weighted by atomic mass is 16.3. The lowest BCUT2D eigenvalue weighted by atomic mass is 10.1. The molecule has 2 rings (SSSR count). The number of rotatable bonds is 2. The van der Waals surface area contributed by atoms with Crippen molar-refractivity contribution in [1.29, 1.82) is 0 Å². The first-order valence-electron chi connectivity index (χ1n) is 4.13. The highest BCUT2D eigenvalue weighted by Gasteiger charge is 2.11. The maximum Gasteiger partial charge on any atom is 0.323 e. The first-order valence-corrected chi connectivity index (χ1v) is 4.13. The molecule has 2 heterocycles. The van der Waals surface area contributed by atoms with Crippen LogP contribution < -0.4 is 5.69 Å². The molecule has 0 radical (unpaired) electrons. The van der Waals surface area contributed by atoms with Crippen LogP contribution in [-0.4, -0.2) is 20.1 Å². The highest BCUT2D eigenvalue weighted by molar-refractivity contribution is 5.20. The minimum absolute atomic E-state index is 0.331. The molecule has 5 heteroatoms. The summed E-state index contributed by atoms with van der Waals surface area (Å²) in [7, 11) is 0. The van der Waals surface area contributed by atoms with Crippen molar-refractivity contribution in [2.24, 2.45) is 0 Å². The Morgan fingerprint density at radius 1 is 1.50 bits per heavy atom. The van der Waals surface area contributed by atoms with Crippen LogP contribution in [0, 0.1) is 0 Å². The van der Waals surface area contributed by atoms with E-state index in [4.69, 9.17) is 0 Å². The van der Waals surface area contributed by atoms with Gasteiger partial charge in [-0.3, -0.25) is 4.98 Å². The van der Waals surface area contributed by atoms with Gasteiger partial charge in [0, 0.05) is 24.2 Å². The molecule has 5 nitrogen and oxygen atoms in total. The van der Waals surface area contributed by atoms with E-state index < -0.39 is 6.10 Å². The minimum atomic E-state index is -0.845. The van der Waals surface area contributed by atoms with E-state index in [-0.39, 0.29) is 5.69 Å². The third kappa shape index (κ3) is 1.57. The third-order valence-electron chi connectivity index (χ3n) is 1.91. The largest absolute Gasteiger partial charge is 0.382 e. The Morgan fingerprint density at radius 2 is 2.36 bits per heavy atom. The van der Waals surface area contributed by atoms with Crippen LogP contribution in [0.1, 0.15) is 17.4 Å². The summed E-state index contributed by atoms with van der Waals surface area (Å²) in [6.07, 6.45) is 3.77. The summed E-state index contributed by atoms with van der Waals surface area (Å²) < 4.78 is 0. The molecule has 1 unspecified atom stereocenters. The van der Waals surface area contributed by atoms with E-state index >= 15 is 0 Å². The number of nitrogens with zero attached hydrogens (tertiary/aromatic N) is 1. The Hall–Kier alpha value is -1.88. The fraction of sp³-hybridized carbons (Fsp3) is 0.111. The van der Waals surface area contributed by atoms with Crippen molar-refractivity contribution < 1.29 is 5.11 Å². The molecule has 0 aromatic carbocycles. The van der Waals surface area contributed by atoms with E-state index in [2.05, 4.69) is 15.0 Å². The highest BCUT2D eigenvalue weighted by Crippen LogP contribution is 2.16. The van der Waals surface area contributed by atoms with E-state index in [1.165, 1.54) is 6.20 Å². The van der Waals surface area contributed by atoms with Crippen LogP contribution in [0.15, 0.2) is 35.5 Å². The number of H-pyrrole nitrogens is 2. The molecular weight excluding hydrogens is 182 g/mol. The molecule has 1 atom stereocenters. The lowest BCUT2D eigenvalue weighted by Gasteiger charge is -2.06. The Morgan fingerprint density at radius 3 is 2.93 bits per heavy atom. The quantitative estimate of drug-likeness (QED) is 0.633. The summed E-state index contributed by atoms with van der Waals surface area (Å²) in [6, 6.07) is 3.46. The molecule has 0 aliphatic carbocycles. The average Bonchev–Trinajstić information content (AvgIpc) is 2.65. The third-order valence-corrected chi connectivity index (χ3v) is 1.91. The van der Waals surface area contributed by atoms with Crippen molar-refractivity contribution in [1.82, 2.24) is 15.0 Å². The molecule has 0 fully saturated rings. The molecule has 2 aromatic heterocycles. The van der Waals surface area contributed by atoms with Gasteiger partial charge in [0.1, 0.15) is 6.10 Å². The van der Waals surface area contributed by atoms with Crippen molar-refractivity contribution in [2.75, 3.05) is 0 Å². The van der Waals surface area contributed by atoms with Crippen LogP contribution >= 0.6 is 0 Å². The first kappa shape index (κ1) is 8.71. The molecule has 0 bridgehead atoms. The normalized spacial score (nSPS) is 12.6. The summed E-state index contributed by atoms with van der Waals surface area (Å²) in [4.78, 5) is 19.6. The summed E-state index contributed by atoms with van der Waals surface area (Å²) >= 11 is 0. The molecule has 0 aliphatic rings. The molecule has 14 heavy (non-hydrogen) atoms. The number of aliphatic hydroxyl groups excluding tert-OH is 1. The van der Waals surface area contributed by atoms with Crippen molar-refractivity contribution in [2.45, 2.75) is 6.10 Å². The Kier molecular flexibility index (Phi) is 2.16. The van der Waals surface area contributed by atoms with Gasteiger partial charge in [-0.2, -0.15) is 0 Å². The van der Waals surface area contributed by atoms with Gasteiger partial charge in [-0.25, -0.2) is 4.79 Å². The van der Waals surface area contributed by atoms with Gasteiger partial charge in [-0.05, 0) is 6.07 Å². The predicted octanol–water partition coefficient (Wildman–Crippen LogP) is 0.180. The van der Waals surface area contributed by atoms with Crippen molar-refractivity contribution >= 4 is 0 Å². The van der Waals surface area contributed by atoms with E-state index in [0.717, 1.165) is 0 Å². The van der Waals surface area contributed by atoms with Gasteiger partial charge < -0.3 is 15.1 Å². The van der Waals surface area contributed by atoms with E-state index in [1.807, 2.05) is 0 Å². The molecule has 3 N–H and O–H groups in total. The van der Waals surface area contributed by atoms with Crippen LogP contribution in [0.25, 0.3) is 0 Å². The fourth-order valence-corrected chi connectivity index (χ4v) is 1.21. The van der Waals surface area contributed by atoms with Crippen LogP contribution in [0.5, 0.6) is 0 Å². The summed E-state index contributed by atoms with van der Waals surface area (Å²) in [5.41, 5.74) is 0.744. The number of aromatic amines is 2. The molecule has 72 valence electrons. The van der Waals surface area contributed by atoms with Crippen LogP contribution in [0.4, 0.5) is 0 Å². The Balaban J connectivity index is 2.33. The van der Waals surface area contributed by atoms with Gasteiger partial charge in [0.2, 0.25) is 0 Å². The first-order chi connectivity index (χ1) is 6.77. The Bertz CT molecular complexity index is 460. The molecule has 0 aliphatic heterocycles. The average molecular weight is 191 g/mol. The lowest BCUT2D eigenvalue weighted by molar-refractivity contribution is 0.215. The van der Waals surface area contributed by atoms with Crippen molar-refractivity contribution in [3.63, 3.8) is 0 Å². The van der Waals surface area contributed by atoms with Gasteiger partial charge in [-0.1, -0.05) is 6.07 Å². The minimum Gasteiger partial charge on any atom is -0.382 e. The molecule has 0 amide bonds. The van der Waals surface area contributed by atoms with Crippen molar-refractivity contribution in [3.8, 4) is 0 Å². The summed E-state index contributed by atoms with van der Waals surface area (Å²) in [6.45, 7) is 0. The second-order valence-electron chi connectivity index (χ2n) is 2.89. The number of imidazole rings is 1. The number of aliphatic hydroxyl groups is 1. The molecular formula is C9H9N3O2. The van der Waals surface area contributed by atoms with Gasteiger partial charge >= 0.3 is 5.69 Å². The Labute approximate surface area is 79.5 Å². The predicted molar refractivity (Wildman–Crippen MR) is 49.7 cm³/mol. The number of pyridine rings is 1. The fourth-order valence-electron chi connectivity index (χ4n) is 1.21. The SMILES string of the molecule is O=c1[nH]cc(C(O)c2cccnc2)[nH]1. The van der Waals surface area contributed by atoms with Gasteiger partial charge in [-0.15, -0.1) is 0 Å². The molecule has 0 saturated heterocycles. The van der Waals surface area contributed by atoms with E-state index in [0.29, 0.717) is 11.3 Å².